The molecular formula is C15H19N3O2. The molecule has 1 N–H and O–H groups in total. The highest BCUT2D eigenvalue weighted by molar-refractivity contribution is 5.33. The summed E-state index contributed by atoms with van der Waals surface area (Å²) in [6.07, 6.45) is 2.35. The van der Waals surface area contributed by atoms with E-state index in [0.717, 1.165) is 29.6 Å². The van der Waals surface area contributed by atoms with Crippen molar-refractivity contribution in [3.8, 4) is 5.75 Å². The molecule has 1 aromatic carbocycles. The molecule has 0 amide bonds. The summed E-state index contributed by atoms with van der Waals surface area (Å²) in [7, 11) is 0. The average Bonchev–Trinajstić information content (AvgIpc) is 3.21. The van der Waals surface area contributed by atoms with Gasteiger partial charge in [0.2, 0.25) is 5.89 Å². The topological polar surface area (TPSA) is 60.2 Å². The minimum atomic E-state index is 0.509. The molecule has 1 aromatic heterocycles. The molecule has 0 bridgehead atoms. The molecule has 5 nitrogen and oxygen atoms in total. The molecule has 1 aliphatic carbocycles. The molecule has 106 valence electrons. The maximum absolute atomic E-state index is 5.59. The number of hydrogen-bond acceptors (Lipinski definition) is 5. The molecule has 20 heavy (non-hydrogen) atoms. The second-order valence-corrected chi connectivity index (χ2v) is 4.97. The van der Waals surface area contributed by atoms with Crippen LogP contribution in [0, 0.1) is 0 Å². The first-order valence-corrected chi connectivity index (χ1v) is 7.10. The first-order valence-electron chi connectivity index (χ1n) is 7.10. The van der Waals surface area contributed by atoms with Crippen LogP contribution in [0.3, 0.4) is 0 Å². The molecule has 0 atom stereocenters. The number of ether oxygens (including phenoxy) is 1. The van der Waals surface area contributed by atoms with Crippen LogP contribution >= 0.6 is 0 Å². The van der Waals surface area contributed by atoms with Crippen molar-refractivity contribution in [1.29, 1.82) is 0 Å². The van der Waals surface area contributed by atoms with Crippen LogP contribution in [0.4, 0.5) is 0 Å². The van der Waals surface area contributed by atoms with Crippen molar-refractivity contribution in [3.63, 3.8) is 0 Å². The first kappa shape index (κ1) is 13.1. The monoisotopic (exact) mass is 273 g/mol. The van der Waals surface area contributed by atoms with Crippen molar-refractivity contribution in [3.05, 3.63) is 41.5 Å². The van der Waals surface area contributed by atoms with Gasteiger partial charge >= 0.3 is 0 Å². The van der Waals surface area contributed by atoms with Gasteiger partial charge in [-0.25, -0.2) is 0 Å². The molecule has 0 spiro atoms. The van der Waals surface area contributed by atoms with Gasteiger partial charge in [-0.15, -0.1) is 0 Å². The largest absolute Gasteiger partial charge is 0.494 e. The number of hydrogen-bond donors (Lipinski definition) is 1. The summed E-state index contributed by atoms with van der Waals surface area (Å²) in [5.74, 6) is 2.95. The van der Waals surface area contributed by atoms with Gasteiger partial charge in [0.05, 0.1) is 13.2 Å². The van der Waals surface area contributed by atoms with E-state index in [1.807, 2.05) is 25.1 Å². The van der Waals surface area contributed by atoms with E-state index >= 15 is 0 Å². The van der Waals surface area contributed by atoms with Crippen LogP contribution in [0.15, 0.2) is 28.8 Å². The molecule has 5 heteroatoms. The highest BCUT2D eigenvalue weighted by Gasteiger charge is 2.29. The van der Waals surface area contributed by atoms with Gasteiger partial charge in [0, 0.05) is 18.0 Å². The molecule has 0 aliphatic heterocycles. The molecule has 1 heterocycles. The molecule has 0 unspecified atom stereocenters. The molecule has 1 saturated carbocycles. The van der Waals surface area contributed by atoms with Crippen molar-refractivity contribution < 1.29 is 9.26 Å². The Hall–Kier alpha value is -1.88. The van der Waals surface area contributed by atoms with E-state index in [9.17, 15) is 0 Å². The molecular weight excluding hydrogens is 254 g/mol. The lowest BCUT2D eigenvalue weighted by Crippen LogP contribution is -2.14. The summed E-state index contributed by atoms with van der Waals surface area (Å²) in [6.45, 7) is 4.00. The van der Waals surface area contributed by atoms with E-state index in [-0.39, 0.29) is 0 Å². The predicted molar refractivity (Wildman–Crippen MR) is 74.4 cm³/mol. The zero-order chi connectivity index (χ0) is 13.8. The Morgan fingerprint density at radius 2 is 2.15 bits per heavy atom. The molecule has 1 aliphatic rings. The Labute approximate surface area is 118 Å². The highest BCUT2D eigenvalue weighted by Crippen LogP contribution is 2.38. The third kappa shape index (κ3) is 3.17. The van der Waals surface area contributed by atoms with Crippen LogP contribution in [0.25, 0.3) is 0 Å². The van der Waals surface area contributed by atoms with Crippen LogP contribution in [0.2, 0.25) is 0 Å². The number of rotatable bonds is 7. The van der Waals surface area contributed by atoms with Crippen molar-refractivity contribution >= 4 is 0 Å². The van der Waals surface area contributed by atoms with Gasteiger partial charge in [0.15, 0.2) is 5.82 Å². The van der Waals surface area contributed by atoms with Gasteiger partial charge in [-0.1, -0.05) is 23.4 Å². The van der Waals surface area contributed by atoms with Gasteiger partial charge in [-0.3, -0.25) is 0 Å². The number of para-hydroxylation sites is 1. The Kier molecular flexibility index (Phi) is 3.97. The summed E-state index contributed by atoms with van der Waals surface area (Å²) < 4.78 is 10.8. The zero-order valence-electron chi connectivity index (χ0n) is 11.6. The van der Waals surface area contributed by atoms with Crippen LogP contribution in [0.1, 0.15) is 43.0 Å². The van der Waals surface area contributed by atoms with Gasteiger partial charge in [0.1, 0.15) is 5.75 Å². The predicted octanol–water partition coefficient (Wildman–Crippen LogP) is 2.64. The molecule has 0 saturated heterocycles. The summed E-state index contributed by atoms with van der Waals surface area (Å²) in [4.78, 5) is 4.39. The average molecular weight is 273 g/mol. The van der Waals surface area contributed by atoms with Crippen LogP contribution in [-0.4, -0.2) is 16.7 Å². The summed E-state index contributed by atoms with van der Waals surface area (Å²) in [5, 5.41) is 7.31. The smallest absolute Gasteiger partial charge is 0.229 e. The maximum Gasteiger partial charge on any atom is 0.229 e. The summed E-state index contributed by atoms with van der Waals surface area (Å²) in [6, 6.07) is 8.04. The lowest BCUT2D eigenvalue weighted by atomic mass is 10.2. The SMILES string of the molecule is CCOc1ccccc1CNCc1noc(C2CC2)n1. The van der Waals surface area contributed by atoms with Crippen LogP contribution < -0.4 is 10.1 Å². The number of aromatic nitrogens is 2. The highest BCUT2D eigenvalue weighted by atomic mass is 16.5. The second kappa shape index (κ2) is 6.05. The van der Waals surface area contributed by atoms with Crippen molar-refractivity contribution in [2.24, 2.45) is 0 Å². The van der Waals surface area contributed by atoms with Gasteiger partial charge in [0.25, 0.3) is 0 Å². The maximum atomic E-state index is 5.59. The van der Waals surface area contributed by atoms with E-state index in [0.29, 0.717) is 19.1 Å². The van der Waals surface area contributed by atoms with Crippen molar-refractivity contribution in [1.82, 2.24) is 15.5 Å². The quantitative estimate of drug-likeness (QED) is 0.840. The number of nitrogens with zero attached hydrogens (tertiary/aromatic N) is 2. The lowest BCUT2D eigenvalue weighted by Gasteiger charge is -2.09. The Morgan fingerprint density at radius 1 is 1.30 bits per heavy atom. The van der Waals surface area contributed by atoms with Crippen molar-refractivity contribution in [2.75, 3.05) is 6.61 Å². The second-order valence-electron chi connectivity index (χ2n) is 4.97. The lowest BCUT2D eigenvalue weighted by molar-refractivity contribution is 0.335. The third-order valence-electron chi connectivity index (χ3n) is 3.28. The van der Waals surface area contributed by atoms with Crippen molar-refractivity contribution in [2.45, 2.75) is 38.8 Å². The zero-order valence-corrected chi connectivity index (χ0v) is 11.6. The molecule has 0 radical (unpaired) electrons. The van der Waals surface area contributed by atoms with E-state index in [1.165, 1.54) is 12.8 Å². The molecule has 3 rings (SSSR count). The number of benzene rings is 1. The summed E-state index contributed by atoms with van der Waals surface area (Å²) in [5.41, 5.74) is 1.14. The normalized spacial score (nSPS) is 14.4. The number of nitrogens with one attached hydrogen (secondary N) is 1. The van der Waals surface area contributed by atoms with E-state index in [2.05, 4.69) is 21.5 Å². The van der Waals surface area contributed by atoms with Crippen LogP contribution in [0.5, 0.6) is 5.75 Å². The van der Waals surface area contributed by atoms with Gasteiger partial charge < -0.3 is 14.6 Å². The van der Waals surface area contributed by atoms with E-state index in [4.69, 9.17) is 9.26 Å². The fraction of sp³-hybridized carbons (Fsp3) is 0.467. The molecule has 1 fully saturated rings. The van der Waals surface area contributed by atoms with Gasteiger partial charge in [-0.05, 0) is 25.8 Å². The standard InChI is InChI=1S/C15H19N3O2/c1-2-19-13-6-4-3-5-12(13)9-16-10-14-17-15(20-18-14)11-7-8-11/h3-6,11,16H,2,7-10H2,1H3. The van der Waals surface area contributed by atoms with Gasteiger partial charge in [-0.2, -0.15) is 4.98 Å². The molecule has 2 aromatic rings. The van der Waals surface area contributed by atoms with E-state index in [1.54, 1.807) is 0 Å². The Bertz CT molecular complexity index is 564. The minimum Gasteiger partial charge on any atom is -0.494 e. The Balaban J connectivity index is 1.53. The first-order chi connectivity index (χ1) is 9.86. The minimum absolute atomic E-state index is 0.509. The summed E-state index contributed by atoms with van der Waals surface area (Å²) >= 11 is 0. The third-order valence-corrected chi connectivity index (χ3v) is 3.28. The fourth-order valence-electron chi connectivity index (χ4n) is 2.09. The fourth-order valence-corrected chi connectivity index (χ4v) is 2.09. The van der Waals surface area contributed by atoms with Crippen LogP contribution in [-0.2, 0) is 13.1 Å². The Morgan fingerprint density at radius 3 is 2.95 bits per heavy atom. The van der Waals surface area contributed by atoms with E-state index < -0.39 is 0 Å².